The van der Waals surface area contributed by atoms with Crippen molar-refractivity contribution < 1.29 is 9.47 Å². The number of aromatic amines is 1. The zero-order chi connectivity index (χ0) is 18.9. The molecule has 0 radical (unpaired) electrons. The van der Waals surface area contributed by atoms with Crippen molar-refractivity contribution in [3.63, 3.8) is 0 Å². The lowest BCUT2D eigenvalue weighted by Crippen LogP contribution is -2.36. The minimum absolute atomic E-state index is 0.583. The number of aromatic nitrogens is 3. The quantitative estimate of drug-likeness (QED) is 0.748. The monoisotopic (exact) mass is 381 g/mol. The summed E-state index contributed by atoms with van der Waals surface area (Å²) in [5.41, 5.74) is 4.12. The second kappa shape index (κ2) is 7.47. The molecule has 0 atom stereocenters. The summed E-state index contributed by atoms with van der Waals surface area (Å²) in [4.78, 5) is 17.9. The van der Waals surface area contributed by atoms with Gasteiger partial charge in [-0.3, -0.25) is 0 Å². The van der Waals surface area contributed by atoms with Crippen molar-refractivity contribution in [3.8, 4) is 5.88 Å². The Kier molecular flexibility index (Phi) is 4.68. The van der Waals surface area contributed by atoms with E-state index < -0.39 is 0 Å². The molecule has 2 aliphatic rings. The van der Waals surface area contributed by atoms with Gasteiger partial charge < -0.3 is 24.3 Å². The highest BCUT2D eigenvalue weighted by molar-refractivity contribution is 6.07. The minimum atomic E-state index is 0.583. The number of rotatable bonds is 4. The van der Waals surface area contributed by atoms with E-state index in [0.717, 1.165) is 67.3 Å². The molecule has 0 bridgehead atoms. The van der Waals surface area contributed by atoms with Crippen LogP contribution in [0.5, 0.6) is 5.88 Å². The van der Waals surface area contributed by atoms with Gasteiger partial charge in [0.25, 0.3) is 0 Å². The molecule has 0 aliphatic carbocycles. The largest absolute Gasteiger partial charge is 0.476 e. The average molecular weight is 381 g/mol. The van der Waals surface area contributed by atoms with Gasteiger partial charge >= 0.3 is 0 Å². The van der Waals surface area contributed by atoms with Crippen LogP contribution in [0.4, 0.5) is 11.6 Å². The summed E-state index contributed by atoms with van der Waals surface area (Å²) in [6, 6.07) is 6.56. The SMILES string of the molecule is CCOc1nc(N2CCCCC2)nc2c1[nH]c1cc(N3CCOCC3)ccc12. The highest BCUT2D eigenvalue weighted by Crippen LogP contribution is 2.33. The number of hydrogen-bond donors (Lipinski definition) is 1. The molecular weight excluding hydrogens is 354 g/mol. The molecule has 0 unspecified atom stereocenters. The third-order valence-corrected chi connectivity index (χ3v) is 5.68. The lowest BCUT2D eigenvalue weighted by molar-refractivity contribution is 0.122. The van der Waals surface area contributed by atoms with Gasteiger partial charge in [0.15, 0.2) is 0 Å². The Morgan fingerprint density at radius 1 is 1.04 bits per heavy atom. The summed E-state index contributed by atoms with van der Waals surface area (Å²) in [5, 5.41) is 1.12. The number of H-pyrrole nitrogens is 1. The first-order valence-corrected chi connectivity index (χ1v) is 10.4. The third kappa shape index (κ3) is 3.13. The zero-order valence-electron chi connectivity index (χ0n) is 16.4. The molecule has 0 saturated carbocycles. The normalized spacial score (nSPS) is 18.2. The van der Waals surface area contributed by atoms with Gasteiger partial charge in [0.2, 0.25) is 11.8 Å². The van der Waals surface area contributed by atoms with Crippen LogP contribution in [0, 0.1) is 0 Å². The Labute approximate surface area is 164 Å². The van der Waals surface area contributed by atoms with Crippen molar-refractivity contribution in [2.75, 3.05) is 55.8 Å². The van der Waals surface area contributed by atoms with Crippen LogP contribution >= 0.6 is 0 Å². The molecule has 1 aromatic carbocycles. The van der Waals surface area contributed by atoms with Gasteiger partial charge in [-0.25, -0.2) is 4.98 Å². The van der Waals surface area contributed by atoms with E-state index in [-0.39, 0.29) is 0 Å². The molecule has 2 saturated heterocycles. The molecule has 5 rings (SSSR count). The molecular formula is C21H27N5O2. The summed E-state index contributed by atoms with van der Waals surface area (Å²) >= 11 is 0. The van der Waals surface area contributed by atoms with Crippen LogP contribution in [0.3, 0.4) is 0 Å². The molecule has 2 aliphatic heterocycles. The van der Waals surface area contributed by atoms with Crippen molar-refractivity contribution in [3.05, 3.63) is 18.2 Å². The highest BCUT2D eigenvalue weighted by Gasteiger charge is 2.20. The van der Waals surface area contributed by atoms with Gasteiger partial charge in [0, 0.05) is 37.3 Å². The van der Waals surface area contributed by atoms with Gasteiger partial charge in [0.1, 0.15) is 11.0 Å². The fourth-order valence-electron chi connectivity index (χ4n) is 4.21. The molecule has 28 heavy (non-hydrogen) atoms. The maximum atomic E-state index is 5.89. The number of morpholine rings is 1. The highest BCUT2D eigenvalue weighted by atomic mass is 16.5. The van der Waals surface area contributed by atoms with Crippen molar-refractivity contribution in [1.29, 1.82) is 0 Å². The predicted molar refractivity (Wildman–Crippen MR) is 112 cm³/mol. The topological polar surface area (TPSA) is 66.5 Å². The van der Waals surface area contributed by atoms with Crippen LogP contribution in [0.25, 0.3) is 21.9 Å². The predicted octanol–water partition coefficient (Wildman–Crippen LogP) is 3.34. The van der Waals surface area contributed by atoms with E-state index >= 15 is 0 Å². The molecule has 0 amide bonds. The second-order valence-corrected chi connectivity index (χ2v) is 7.49. The molecule has 7 nitrogen and oxygen atoms in total. The van der Waals surface area contributed by atoms with Crippen LogP contribution in [-0.4, -0.2) is 61.0 Å². The lowest BCUT2D eigenvalue weighted by atomic mass is 10.1. The molecule has 2 fully saturated rings. The van der Waals surface area contributed by atoms with Crippen molar-refractivity contribution in [2.24, 2.45) is 0 Å². The van der Waals surface area contributed by atoms with Crippen molar-refractivity contribution in [1.82, 2.24) is 15.0 Å². The number of anilines is 2. The number of fused-ring (bicyclic) bond motifs is 3. The van der Waals surface area contributed by atoms with Crippen LogP contribution < -0.4 is 14.5 Å². The van der Waals surface area contributed by atoms with Gasteiger partial charge in [-0.2, -0.15) is 4.98 Å². The number of nitrogens with one attached hydrogen (secondary N) is 1. The fourth-order valence-corrected chi connectivity index (χ4v) is 4.21. The van der Waals surface area contributed by atoms with Crippen molar-refractivity contribution in [2.45, 2.75) is 26.2 Å². The Balaban J connectivity index is 1.60. The summed E-state index contributed by atoms with van der Waals surface area (Å²) in [6.07, 6.45) is 3.68. The van der Waals surface area contributed by atoms with E-state index in [1.54, 1.807) is 0 Å². The lowest BCUT2D eigenvalue weighted by Gasteiger charge is -2.28. The van der Waals surface area contributed by atoms with E-state index in [0.29, 0.717) is 12.5 Å². The molecule has 2 aromatic heterocycles. The van der Waals surface area contributed by atoms with Crippen LogP contribution in [0.2, 0.25) is 0 Å². The van der Waals surface area contributed by atoms with Crippen molar-refractivity contribution >= 4 is 33.6 Å². The summed E-state index contributed by atoms with van der Waals surface area (Å²) in [7, 11) is 0. The molecule has 7 heteroatoms. The summed E-state index contributed by atoms with van der Waals surface area (Å²) in [5.74, 6) is 1.44. The number of ether oxygens (including phenoxy) is 2. The Hall–Kier alpha value is -2.54. The molecule has 4 heterocycles. The molecule has 1 N–H and O–H groups in total. The molecule has 3 aromatic rings. The third-order valence-electron chi connectivity index (χ3n) is 5.68. The fraction of sp³-hybridized carbons (Fsp3) is 0.524. The maximum absolute atomic E-state index is 5.89. The standard InChI is InChI=1S/C21H27N5O2/c1-2-28-20-19-18(23-21(24-20)26-8-4-3-5-9-26)16-7-6-15(14-17(16)22-19)25-10-12-27-13-11-25/h6-7,14,22H,2-5,8-13H2,1H3. The van der Waals surface area contributed by atoms with E-state index in [1.165, 1.54) is 24.9 Å². The van der Waals surface area contributed by atoms with Gasteiger partial charge in [-0.1, -0.05) is 0 Å². The minimum Gasteiger partial charge on any atom is -0.476 e. The first kappa shape index (κ1) is 17.6. The van der Waals surface area contributed by atoms with Crippen LogP contribution in [0.1, 0.15) is 26.2 Å². The van der Waals surface area contributed by atoms with E-state index in [4.69, 9.17) is 19.4 Å². The van der Waals surface area contributed by atoms with Gasteiger partial charge in [-0.15, -0.1) is 0 Å². The van der Waals surface area contributed by atoms with Crippen LogP contribution in [-0.2, 0) is 4.74 Å². The first-order chi connectivity index (χ1) is 13.8. The Morgan fingerprint density at radius 3 is 2.64 bits per heavy atom. The number of benzene rings is 1. The first-order valence-electron chi connectivity index (χ1n) is 10.4. The number of piperidine rings is 1. The smallest absolute Gasteiger partial charge is 0.243 e. The van der Waals surface area contributed by atoms with E-state index in [1.807, 2.05) is 6.92 Å². The number of hydrogen-bond acceptors (Lipinski definition) is 6. The Morgan fingerprint density at radius 2 is 1.86 bits per heavy atom. The van der Waals surface area contributed by atoms with E-state index in [2.05, 4.69) is 33.0 Å². The van der Waals surface area contributed by atoms with Gasteiger partial charge in [0.05, 0.1) is 25.3 Å². The van der Waals surface area contributed by atoms with Crippen LogP contribution in [0.15, 0.2) is 18.2 Å². The second-order valence-electron chi connectivity index (χ2n) is 7.49. The summed E-state index contributed by atoms with van der Waals surface area (Å²) in [6.45, 7) is 8.02. The maximum Gasteiger partial charge on any atom is 0.243 e. The number of nitrogens with zero attached hydrogens (tertiary/aromatic N) is 4. The average Bonchev–Trinajstić information content (AvgIpc) is 3.13. The van der Waals surface area contributed by atoms with Gasteiger partial charge in [-0.05, 0) is 44.4 Å². The molecule has 148 valence electrons. The molecule has 0 spiro atoms. The Bertz CT molecular complexity index is 974. The summed E-state index contributed by atoms with van der Waals surface area (Å²) < 4.78 is 11.4. The zero-order valence-corrected chi connectivity index (χ0v) is 16.4. The van der Waals surface area contributed by atoms with E-state index in [9.17, 15) is 0 Å².